The number of aliphatic hydroxyl groups excluding tert-OH is 1. The maximum absolute atomic E-state index is 12.7. The van der Waals surface area contributed by atoms with Crippen LogP contribution in [0.1, 0.15) is 0 Å². The van der Waals surface area contributed by atoms with Gasteiger partial charge < -0.3 is 20.9 Å². The molecular weight excluding hydrogens is 218 g/mol. The van der Waals surface area contributed by atoms with Gasteiger partial charge in [0.1, 0.15) is 12.4 Å². The molecule has 16 heavy (non-hydrogen) atoms. The zero-order chi connectivity index (χ0) is 12.2. The molecule has 0 unspecified atom stereocenters. The molecule has 0 fully saturated rings. The van der Waals surface area contributed by atoms with Crippen LogP contribution in [0.2, 0.25) is 0 Å². The smallest absolute Gasteiger partial charge is 0.287 e. The Morgan fingerprint density at radius 1 is 1.50 bits per heavy atom. The van der Waals surface area contributed by atoms with Gasteiger partial charge >= 0.3 is 0 Å². The SMILES string of the molecule is COc1ccc(NCC(F)(F)CO)c(N)c1. The molecule has 4 nitrogen and oxygen atoms in total. The molecule has 0 radical (unpaired) electrons. The molecule has 6 heteroatoms. The van der Waals surface area contributed by atoms with Gasteiger partial charge in [-0.3, -0.25) is 0 Å². The van der Waals surface area contributed by atoms with Gasteiger partial charge in [0, 0.05) is 6.07 Å². The molecule has 4 N–H and O–H groups in total. The van der Waals surface area contributed by atoms with Crippen LogP contribution in [0.5, 0.6) is 5.75 Å². The van der Waals surface area contributed by atoms with Crippen LogP contribution in [0.15, 0.2) is 18.2 Å². The molecule has 0 spiro atoms. The second-order valence-corrected chi connectivity index (χ2v) is 3.32. The van der Waals surface area contributed by atoms with Crippen LogP contribution in [-0.4, -0.2) is 31.3 Å². The van der Waals surface area contributed by atoms with Gasteiger partial charge in [0.2, 0.25) is 0 Å². The summed E-state index contributed by atoms with van der Waals surface area (Å²) in [5, 5.41) is 10.8. The number of hydrogen-bond donors (Lipinski definition) is 3. The van der Waals surface area contributed by atoms with Crippen LogP contribution in [0.4, 0.5) is 20.2 Å². The summed E-state index contributed by atoms with van der Waals surface area (Å²) in [6.45, 7) is -1.86. The zero-order valence-corrected chi connectivity index (χ0v) is 8.84. The second kappa shape index (κ2) is 4.98. The topological polar surface area (TPSA) is 67.5 Å². The fourth-order valence-electron chi connectivity index (χ4n) is 1.11. The number of halogens is 2. The molecule has 1 aromatic rings. The lowest BCUT2D eigenvalue weighted by atomic mass is 10.2. The van der Waals surface area contributed by atoms with Gasteiger partial charge in [0.05, 0.1) is 25.0 Å². The van der Waals surface area contributed by atoms with E-state index in [1.807, 2.05) is 0 Å². The van der Waals surface area contributed by atoms with Crippen LogP contribution >= 0.6 is 0 Å². The van der Waals surface area contributed by atoms with Gasteiger partial charge in [0.25, 0.3) is 5.92 Å². The van der Waals surface area contributed by atoms with Crippen molar-refractivity contribution < 1.29 is 18.6 Å². The number of anilines is 2. The number of hydrogen-bond acceptors (Lipinski definition) is 4. The summed E-state index contributed by atoms with van der Waals surface area (Å²) in [6.07, 6.45) is 0. The molecule has 1 rings (SSSR count). The highest BCUT2D eigenvalue weighted by atomic mass is 19.3. The summed E-state index contributed by atoms with van der Waals surface area (Å²) >= 11 is 0. The molecule has 0 aromatic heterocycles. The van der Waals surface area contributed by atoms with Crippen molar-refractivity contribution in [2.45, 2.75) is 5.92 Å². The van der Waals surface area contributed by atoms with Crippen LogP contribution in [0.25, 0.3) is 0 Å². The van der Waals surface area contributed by atoms with E-state index in [4.69, 9.17) is 15.6 Å². The van der Waals surface area contributed by atoms with E-state index in [0.29, 0.717) is 17.1 Å². The Bertz CT molecular complexity index is 359. The lowest BCUT2D eigenvalue weighted by molar-refractivity contribution is -0.0372. The number of nitrogens with one attached hydrogen (secondary N) is 1. The van der Waals surface area contributed by atoms with Crippen molar-refractivity contribution in [3.05, 3.63) is 18.2 Å². The summed E-state index contributed by atoms with van der Waals surface area (Å²) in [6, 6.07) is 4.68. The average Bonchev–Trinajstić information content (AvgIpc) is 2.27. The molecule has 0 saturated carbocycles. The van der Waals surface area contributed by atoms with Crippen LogP contribution in [-0.2, 0) is 0 Å². The lowest BCUT2D eigenvalue weighted by Crippen LogP contribution is -2.31. The monoisotopic (exact) mass is 232 g/mol. The molecule has 0 heterocycles. The van der Waals surface area contributed by atoms with E-state index >= 15 is 0 Å². The number of nitrogens with two attached hydrogens (primary N) is 1. The summed E-state index contributed by atoms with van der Waals surface area (Å²) in [7, 11) is 1.49. The Morgan fingerprint density at radius 2 is 2.19 bits per heavy atom. The maximum atomic E-state index is 12.7. The van der Waals surface area contributed by atoms with Crippen molar-refractivity contribution in [3.8, 4) is 5.75 Å². The predicted molar refractivity (Wildman–Crippen MR) is 57.9 cm³/mol. The first-order valence-electron chi connectivity index (χ1n) is 4.64. The molecule has 0 aliphatic carbocycles. The van der Waals surface area contributed by atoms with Gasteiger partial charge in [-0.2, -0.15) is 0 Å². The Labute approximate surface area is 92.0 Å². The largest absolute Gasteiger partial charge is 0.497 e. The average molecular weight is 232 g/mol. The highest BCUT2D eigenvalue weighted by Gasteiger charge is 2.27. The van der Waals surface area contributed by atoms with E-state index in [0.717, 1.165) is 0 Å². The quantitative estimate of drug-likeness (QED) is 0.670. The normalized spacial score (nSPS) is 11.2. The number of rotatable bonds is 5. The number of benzene rings is 1. The highest BCUT2D eigenvalue weighted by Crippen LogP contribution is 2.25. The third-order valence-electron chi connectivity index (χ3n) is 2.03. The third-order valence-corrected chi connectivity index (χ3v) is 2.03. The number of ether oxygens (including phenoxy) is 1. The predicted octanol–water partition coefficient (Wildman–Crippen LogP) is 1.32. The van der Waals surface area contributed by atoms with Crippen molar-refractivity contribution in [1.29, 1.82) is 0 Å². The minimum absolute atomic E-state index is 0.313. The van der Waals surface area contributed by atoms with Crippen molar-refractivity contribution in [2.75, 3.05) is 31.3 Å². The fraction of sp³-hybridized carbons (Fsp3) is 0.400. The third kappa shape index (κ3) is 3.23. The van der Waals surface area contributed by atoms with Crippen molar-refractivity contribution in [3.63, 3.8) is 0 Å². The molecule has 0 aliphatic rings. The molecular formula is C10H14F2N2O2. The molecule has 0 aliphatic heterocycles. The number of alkyl halides is 2. The first-order valence-corrected chi connectivity index (χ1v) is 4.64. The molecule has 0 amide bonds. The van der Waals surface area contributed by atoms with Gasteiger partial charge in [-0.25, -0.2) is 8.78 Å². The first-order chi connectivity index (χ1) is 7.48. The number of aliphatic hydroxyl groups is 1. The minimum atomic E-state index is -3.16. The van der Waals surface area contributed by atoms with E-state index in [2.05, 4.69) is 5.32 Å². The summed E-state index contributed by atoms with van der Waals surface area (Å²) in [5.41, 5.74) is 6.31. The molecule has 90 valence electrons. The van der Waals surface area contributed by atoms with Crippen LogP contribution < -0.4 is 15.8 Å². The second-order valence-electron chi connectivity index (χ2n) is 3.32. The van der Waals surface area contributed by atoms with Crippen LogP contribution in [0.3, 0.4) is 0 Å². The summed E-state index contributed by atoms with van der Waals surface area (Å²) in [4.78, 5) is 0. The van der Waals surface area contributed by atoms with E-state index in [-0.39, 0.29) is 0 Å². The highest BCUT2D eigenvalue weighted by molar-refractivity contribution is 5.68. The minimum Gasteiger partial charge on any atom is -0.497 e. The number of nitrogen functional groups attached to an aromatic ring is 1. The molecule has 1 aromatic carbocycles. The standard InChI is InChI=1S/C10H14F2N2O2/c1-16-7-2-3-9(8(13)4-7)14-5-10(11,12)6-15/h2-4,14-15H,5-6,13H2,1H3. The summed E-state index contributed by atoms with van der Waals surface area (Å²) in [5.74, 6) is -2.61. The maximum Gasteiger partial charge on any atom is 0.287 e. The van der Waals surface area contributed by atoms with E-state index in [9.17, 15) is 8.78 Å². The van der Waals surface area contributed by atoms with Crippen molar-refractivity contribution >= 4 is 11.4 Å². The number of methoxy groups -OCH3 is 1. The van der Waals surface area contributed by atoms with E-state index in [1.54, 1.807) is 12.1 Å². The Balaban J connectivity index is 2.68. The van der Waals surface area contributed by atoms with E-state index in [1.165, 1.54) is 13.2 Å². The van der Waals surface area contributed by atoms with Gasteiger partial charge in [-0.05, 0) is 12.1 Å². The van der Waals surface area contributed by atoms with Crippen molar-refractivity contribution in [2.24, 2.45) is 0 Å². The van der Waals surface area contributed by atoms with E-state index < -0.39 is 19.1 Å². The van der Waals surface area contributed by atoms with Crippen molar-refractivity contribution in [1.82, 2.24) is 0 Å². The lowest BCUT2D eigenvalue weighted by Gasteiger charge is -2.16. The molecule has 0 saturated heterocycles. The summed E-state index contributed by atoms with van der Waals surface area (Å²) < 4.78 is 30.4. The Kier molecular flexibility index (Phi) is 3.89. The zero-order valence-electron chi connectivity index (χ0n) is 8.84. The first kappa shape index (κ1) is 12.5. The molecule has 0 bridgehead atoms. The van der Waals surface area contributed by atoms with Crippen LogP contribution in [0, 0.1) is 0 Å². The Morgan fingerprint density at radius 3 is 2.69 bits per heavy atom. The van der Waals surface area contributed by atoms with Gasteiger partial charge in [-0.1, -0.05) is 0 Å². The molecule has 0 atom stereocenters. The fourth-order valence-corrected chi connectivity index (χ4v) is 1.11. The van der Waals surface area contributed by atoms with Gasteiger partial charge in [-0.15, -0.1) is 0 Å². The Hall–Kier alpha value is -1.56. The van der Waals surface area contributed by atoms with Gasteiger partial charge in [0.15, 0.2) is 0 Å².